The van der Waals surface area contributed by atoms with E-state index in [0.29, 0.717) is 12.0 Å². The highest BCUT2D eigenvalue weighted by Crippen LogP contribution is 2.23. The number of esters is 1. The van der Waals surface area contributed by atoms with E-state index in [9.17, 15) is 9.59 Å². The molecule has 0 aromatic rings. The van der Waals surface area contributed by atoms with Crippen LogP contribution in [0.25, 0.3) is 0 Å². The minimum atomic E-state index is -0.549. The first-order valence-electron chi connectivity index (χ1n) is 5.46. The van der Waals surface area contributed by atoms with Crippen molar-refractivity contribution in [1.82, 2.24) is 4.90 Å². The number of carbonyl (C=O) groups is 2. The first kappa shape index (κ1) is 12.7. The standard InChI is InChI=1S/C12H19NO3/c1-6-8-7-9(13(5)10(8)14)16-11(15)12(2,3)4/h7,9H,6H2,1-5H3. The highest BCUT2D eigenvalue weighted by molar-refractivity contribution is 5.96. The minimum absolute atomic E-state index is 0.0609. The van der Waals surface area contributed by atoms with Gasteiger partial charge in [-0.1, -0.05) is 6.92 Å². The number of likely N-dealkylation sites (N-methyl/N-ethyl adjacent to an activating group) is 1. The molecule has 4 heteroatoms. The lowest BCUT2D eigenvalue weighted by molar-refractivity contribution is -0.164. The maximum atomic E-state index is 11.7. The van der Waals surface area contributed by atoms with Gasteiger partial charge in [-0.15, -0.1) is 0 Å². The normalized spacial score (nSPS) is 21.1. The number of ether oxygens (including phenoxy) is 1. The molecule has 1 unspecified atom stereocenters. The molecule has 0 saturated carbocycles. The molecule has 1 aliphatic heterocycles. The molecule has 1 rings (SSSR count). The first-order chi connectivity index (χ1) is 7.27. The molecular formula is C12H19NO3. The van der Waals surface area contributed by atoms with Gasteiger partial charge in [0.2, 0.25) is 0 Å². The molecule has 1 atom stereocenters. The SMILES string of the molecule is CCC1=CC(OC(=O)C(C)(C)C)N(C)C1=O. The second-order valence-corrected chi connectivity index (χ2v) is 5.01. The van der Waals surface area contributed by atoms with E-state index < -0.39 is 11.6 Å². The van der Waals surface area contributed by atoms with Crippen molar-refractivity contribution in [2.45, 2.75) is 40.3 Å². The molecule has 0 bridgehead atoms. The first-order valence-corrected chi connectivity index (χ1v) is 5.46. The summed E-state index contributed by atoms with van der Waals surface area (Å²) >= 11 is 0. The van der Waals surface area contributed by atoms with E-state index in [1.807, 2.05) is 6.92 Å². The Morgan fingerprint density at radius 2 is 2.06 bits per heavy atom. The third-order valence-corrected chi connectivity index (χ3v) is 2.54. The number of amides is 1. The summed E-state index contributed by atoms with van der Waals surface area (Å²) in [6.07, 6.45) is 1.83. The van der Waals surface area contributed by atoms with Crippen LogP contribution in [0.4, 0.5) is 0 Å². The van der Waals surface area contributed by atoms with Crippen molar-refractivity contribution in [1.29, 1.82) is 0 Å². The highest BCUT2D eigenvalue weighted by atomic mass is 16.6. The molecule has 4 nitrogen and oxygen atoms in total. The molecular weight excluding hydrogens is 206 g/mol. The number of nitrogens with zero attached hydrogens (tertiary/aromatic N) is 1. The molecule has 90 valence electrons. The number of rotatable bonds is 2. The summed E-state index contributed by atoms with van der Waals surface area (Å²) < 4.78 is 5.28. The Labute approximate surface area is 96.3 Å². The van der Waals surface area contributed by atoms with Gasteiger partial charge < -0.3 is 9.64 Å². The lowest BCUT2D eigenvalue weighted by Crippen LogP contribution is -2.37. The van der Waals surface area contributed by atoms with E-state index in [0.717, 1.165) is 0 Å². The van der Waals surface area contributed by atoms with Crippen LogP contribution in [0.1, 0.15) is 34.1 Å². The van der Waals surface area contributed by atoms with Crippen LogP contribution in [0.2, 0.25) is 0 Å². The van der Waals surface area contributed by atoms with Crippen LogP contribution in [-0.2, 0) is 14.3 Å². The monoisotopic (exact) mass is 225 g/mol. The van der Waals surface area contributed by atoms with Gasteiger partial charge in [0.25, 0.3) is 5.91 Å². The predicted octanol–water partition coefficient (Wildman–Crippen LogP) is 1.71. The summed E-state index contributed by atoms with van der Waals surface area (Å²) in [7, 11) is 1.64. The predicted molar refractivity (Wildman–Crippen MR) is 60.5 cm³/mol. The van der Waals surface area contributed by atoms with E-state index in [-0.39, 0.29) is 11.9 Å². The number of carbonyl (C=O) groups excluding carboxylic acids is 2. The quantitative estimate of drug-likeness (QED) is 0.672. The van der Waals surface area contributed by atoms with Crippen molar-refractivity contribution in [2.75, 3.05) is 7.05 Å². The Bertz CT molecular complexity index is 339. The summed E-state index contributed by atoms with van der Waals surface area (Å²) in [6.45, 7) is 7.27. The van der Waals surface area contributed by atoms with Gasteiger partial charge in [0.1, 0.15) is 0 Å². The Kier molecular flexibility index (Phi) is 3.41. The summed E-state index contributed by atoms with van der Waals surface area (Å²) in [6, 6.07) is 0. The zero-order valence-electron chi connectivity index (χ0n) is 10.5. The lowest BCUT2D eigenvalue weighted by Gasteiger charge is -2.24. The summed E-state index contributed by atoms with van der Waals surface area (Å²) in [5.41, 5.74) is 0.154. The second kappa shape index (κ2) is 4.28. The highest BCUT2D eigenvalue weighted by Gasteiger charge is 2.33. The zero-order valence-corrected chi connectivity index (χ0v) is 10.5. The van der Waals surface area contributed by atoms with Gasteiger partial charge in [-0.05, 0) is 33.3 Å². The summed E-state index contributed by atoms with van der Waals surface area (Å²) in [4.78, 5) is 24.8. The zero-order chi connectivity index (χ0) is 12.5. The van der Waals surface area contributed by atoms with Crippen molar-refractivity contribution < 1.29 is 14.3 Å². The molecule has 0 aromatic carbocycles. The van der Waals surface area contributed by atoms with Gasteiger partial charge >= 0.3 is 5.97 Å². The third-order valence-electron chi connectivity index (χ3n) is 2.54. The molecule has 0 N–H and O–H groups in total. The van der Waals surface area contributed by atoms with Gasteiger partial charge in [0, 0.05) is 12.6 Å². The van der Waals surface area contributed by atoms with Gasteiger partial charge in [-0.25, -0.2) is 0 Å². The molecule has 0 aromatic heterocycles. The second-order valence-electron chi connectivity index (χ2n) is 5.01. The van der Waals surface area contributed by atoms with Crippen molar-refractivity contribution in [3.63, 3.8) is 0 Å². The topological polar surface area (TPSA) is 46.6 Å². The fourth-order valence-corrected chi connectivity index (χ4v) is 1.37. The van der Waals surface area contributed by atoms with Crippen molar-refractivity contribution >= 4 is 11.9 Å². The molecule has 0 spiro atoms. The van der Waals surface area contributed by atoms with Crippen molar-refractivity contribution in [3.8, 4) is 0 Å². The van der Waals surface area contributed by atoms with Crippen molar-refractivity contribution in [2.24, 2.45) is 5.41 Å². The maximum absolute atomic E-state index is 11.7. The largest absolute Gasteiger partial charge is 0.437 e. The Morgan fingerprint density at radius 1 is 1.50 bits per heavy atom. The molecule has 1 aliphatic rings. The molecule has 0 fully saturated rings. The number of hydrogen-bond acceptors (Lipinski definition) is 3. The van der Waals surface area contributed by atoms with Crippen LogP contribution in [0.15, 0.2) is 11.6 Å². The van der Waals surface area contributed by atoms with E-state index >= 15 is 0 Å². The lowest BCUT2D eigenvalue weighted by atomic mass is 9.97. The molecule has 0 radical (unpaired) electrons. The summed E-state index contributed by atoms with van der Waals surface area (Å²) in [5.74, 6) is -0.361. The summed E-state index contributed by atoms with van der Waals surface area (Å²) in [5, 5.41) is 0. The van der Waals surface area contributed by atoms with E-state index in [4.69, 9.17) is 4.74 Å². The fourth-order valence-electron chi connectivity index (χ4n) is 1.37. The fraction of sp³-hybridized carbons (Fsp3) is 0.667. The Morgan fingerprint density at radius 3 is 2.44 bits per heavy atom. The Balaban J connectivity index is 2.74. The molecule has 1 amide bonds. The van der Waals surface area contributed by atoms with Crippen LogP contribution in [-0.4, -0.2) is 30.1 Å². The van der Waals surface area contributed by atoms with Crippen LogP contribution >= 0.6 is 0 Å². The van der Waals surface area contributed by atoms with E-state index in [1.165, 1.54) is 4.90 Å². The maximum Gasteiger partial charge on any atom is 0.313 e. The van der Waals surface area contributed by atoms with Gasteiger partial charge in [-0.3, -0.25) is 9.59 Å². The van der Waals surface area contributed by atoms with Crippen LogP contribution < -0.4 is 0 Å². The van der Waals surface area contributed by atoms with Gasteiger partial charge in [0.05, 0.1) is 5.41 Å². The van der Waals surface area contributed by atoms with Gasteiger partial charge in [-0.2, -0.15) is 0 Å². The van der Waals surface area contributed by atoms with E-state index in [1.54, 1.807) is 33.9 Å². The smallest absolute Gasteiger partial charge is 0.313 e. The molecule has 16 heavy (non-hydrogen) atoms. The van der Waals surface area contributed by atoms with Crippen LogP contribution in [0.5, 0.6) is 0 Å². The van der Waals surface area contributed by atoms with Crippen LogP contribution in [0, 0.1) is 5.41 Å². The molecule has 0 saturated heterocycles. The molecule has 1 heterocycles. The Hall–Kier alpha value is -1.32. The number of hydrogen-bond donors (Lipinski definition) is 0. The third kappa shape index (κ3) is 2.43. The van der Waals surface area contributed by atoms with Crippen molar-refractivity contribution in [3.05, 3.63) is 11.6 Å². The molecule has 0 aliphatic carbocycles. The average Bonchev–Trinajstić information content (AvgIpc) is 2.44. The average molecular weight is 225 g/mol. The minimum Gasteiger partial charge on any atom is -0.437 e. The van der Waals surface area contributed by atoms with Crippen LogP contribution in [0.3, 0.4) is 0 Å². The van der Waals surface area contributed by atoms with Gasteiger partial charge in [0.15, 0.2) is 6.23 Å². The van der Waals surface area contributed by atoms with E-state index in [2.05, 4.69) is 0 Å².